The quantitative estimate of drug-likeness (QED) is 0.809. The topological polar surface area (TPSA) is 73.7 Å². The number of amides is 1. The van der Waals surface area contributed by atoms with Crippen LogP contribution in [0.3, 0.4) is 0 Å². The van der Waals surface area contributed by atoms with E-state index >= 15 is 0 Å². The molecule has 0 radical (unpaired) electrons. The Morgan fingerprint density at radius 2 is 2.06 bits per heavy atom. The average Bonchev–Trinajstić information content (AvgIpc) is 2.91. The number of carbonyl (C=O) groups is 2. The van der Waals surface area contributed by atoms with E-state index in [1.54, 1.807) is 22.4 Å². The van der Waals surface area contributed by atoms with E-state index in [-0.39, 0.29) is 5.91 Å². The SMILES string of the molecule is CC(C(=O)O)C(=O)N1CCN(c2nccs2)CC1. The van der Waals surface area contributed by atoms with Gasteiger partial charge in [0.25, 0.3) is 0 Å². The molecule has 2 heterocycles. The molecule has 0 aromatic carbocycles. The number of rotatable bonds is 3. The number of carboxylic acid groups (broad SMARTS) is 1. The highest BCUT2D eigenvalue weighted by Gasteiger charge is 2.29. The number of aliphatic carboxylic acids is 1. The number of anilines is 1. The highest BCUT2D eigenvalue weighted by atomic mass is 32.1. The monoisotopic (exact) mass is 269 g/mol. The molecule has 18 heavy (non-hydrogen) atoms. The maximum absolute atomic E-state index is 11.8. The Balaban J connectivity index is 1.90. The van der Waals surface area contributed by atoms with E-state index in [1.807, 2.05) is 5.38 Å². The minimum atomic E-state index is -1.07. The van der Waals surface area contributed by atoms with E-state index in [9.17, 15) is 9.59 Å². The molecular formula is C11H15N3O3S. The second-order valence-corrected chi connectivity index (χ2v) is 5.06. The molecule has 6 nitrogen and oxygen atoms in total. The van der Waals surface area contributed by atoms with Crippen LogP contribution in [0.1, 0.15) is 6.92 Å². The van der Waals surface area contributed by atoms with Crippen LogP contribution < -0.4 is 4.90 Å². The van der Waals surface area contributed by atoms with Crippen molar-refractivity contribution in [3.8, 4) is 0 Å². The molecule has 1 atom stereocenters. The van der Waals surface area contributed by atoms with Gasteiger partial charge in [0.15, 0.2) is 5.13 Å². The summed E-state index contributed by atoms with van der Waals surface area (Å²) in [5.74, 6) is -2.33. The lowest BCUT2D eigenvalue weighted by Crippen LogP contribution is -2.51. The van der Waals surface area contributed by atoms with Crippen molar-refractivity contribution in [3.63, 3.8) is 0 Å². The fourth-order valence-corrected chi connectivity index (χ4v) is 2.57. The zero-order chi connectivity index (χ0) is 13.1. The van der Waals surface area contributed by atoms with Crippen LogP contribution >= 0.6 is 11.3 Å². The van der Waals surface area contributed by atoms with E-state index in [2.05, 4.69) is 9.88 Å². The Kier molecular flexibility index (Phi) is 3.81. The van der Waals surface area contributed by atoms with Gasteiger partial charge in [0.1, 0.15) is 5.92 Å². The first-order chi connectivity index (χ1) is 8.59. The van der Waals surface area contributed by atoms with Gasteiger partial charge in [-0.3, -0.25) is 9.59 Å². The maximum atomic E-state index is 11.8. The smallest absolute Gasteiger partial charge is 0.315 e. The molecule has 1 aliphatic rings. The molecule has 1 aromatic rings. The number of carboxylic acids is 1. The van der Waals surface area contributed by atoms with Crippen molar-refractivity contribution in [1.82, 2.24) is 9.88 Å². The van der Waals surface area contributed by atoms with Crippen LogP contribution in [-0.4, -0.2) is 53.0 Å². The third kappa shape index (κ3) is 2.61. The molecule has 1 fully saturated rings. The van der Waals surface area contributed by atoms with Gasteiger partial charge in [-0.1, -0.05) is 0 Å². The van der Waals surface area contributed by atoms with E-state index < -0.39 is 11.9 Å². The molecule has 1 unspecified atom stereocenters. The summed E-state index contributed by atoms with van der Waals surface area (Å²) in [6.07, 6.45) is 1.75. The second-order valence-electron chi connectivity index (χ2n) is 4.19. The van der Waals surface area contributed by atoms with Crippen molar-refractivity contribution >= 4 is 28.3 Å². The predicted octanol–water partition coefficient (Wildman–Crippen LogP) is 0.512. The van der Waals surface area contributed by atoms with Crippen LogP contribution in [0.5, 0.6) is 0 Å². The summed E-state index contributed by atoms with van der Waals surface area (Å²) in [7, 11) is 0. The highest BCUT2D eigenvalue weighted by molar-refractivity contribution is 7.13. The Hall–Kier alpha value is -1.63. The molecule has 1 amide bonds. The molecule has 2 rings (SSSR count). The molecule has 0 spiro atoms. The van der Waals surface area contributed by atoms with Crippen LogP contribution in [0.4, 0.5) is 5.13 Å². The van der Waals surface area contributed by atoms with Crippen molar-refractivity contribution < 1.29 is 14.7 Å². The summed E-state index contributed by atoms with van der Waals surface area (Å²) >= 11 is 1.57. The van der Waals surface area contributed by atoms with Gasteiger partial charge in [0.2, 0.25) is 5.91 Å². The minimum Gasteiger partial charge on any atom is -0.481 e. The number of piperazine rings is 1. The van der Waals surface area contributed by atoms with E-state index in [0.29, 0.717) is 26.2 Å². The van der Waals surface area contributed by atoms with E-state index in [0.717, 1.165) is 5.13 Å². The Bertz CT molecular complexity index is 427. The largest absolute Gasteiger partial charge is 0.481 e. The third-order valence-electron chi connectivity index (χ3n) is 3.02. The first kappa shape index (κ1) is 12.8. The van der Waals surface area contributed by atoms with E-state index in [1.165, 1.54) is 6.92 Å². The van der Waals surface area contributed by atoms with Gasteiger partial charge in [0, 0.05) is 37.8 Å². The lowest BCUT2D eigenvalue weighted by molar-refractivity contribution is -0.150. The summed E-state index contributed by atoms with van der Waals surface area (Å²) in [6.45, 7) is 3.93. The predicted molar refractivity (Wildman–Crippen MR) is 67.7 cm³/mol. The Morgan fingerprint density at radius 1 is 1.39 bits per heavy atom. The number of aromatic nitrogens is 1. The van der Waals surface area contributed by atoms with Crippen molar-refractivity contribution in [2.75, 3.05) is 31.1 Å². The van der Waals surface area contributed by atoms with Gasteiger partial charge in [-0.2, -0.15) is 0 Å². The van der Waals surface area contributed by atoms with Crippen LogP contribution in [-0.2, 0) is 9.59 Å². The lowest BCUT2D eigenvalue weighted by Gasteiger charge is -2.35. The molecule has 1 aromatic heterocycles. The summed E-state index contributed by atoms with van der Waals surface area (Å²) < 4.78 is 0. The van der Waals surface area contributed by atoms with Gasteiger partial charge in [-0.15, -0.1) is 11.3 Å². The minimum absolute atomic E-state index is 0.304. The molecule has 0 bridgehead atoms. The van der Waals surface area contributed by atoms with Crippen molar-refractivity contribution in [3.05, 3.63) is 11.6 Å². The van der Waals surface area contributed by atoms with Crippen molar-refractivity contribution in [1.29, 1.82) is 0 Å². The number of hydrogen-bond donors (Lipinski definition) is 1. The van der Waals surface area contributed by atoms with Crippen LogP contribution in [0.25, 0.3) is 0 Å². The van der Waals surface area contributed by atoms with Crippen LogP contribution in [0.2, 0.25) is 0 Å². The van der Waals surface area contributed by atoms with Gasteiger partial charge in [-0.05, 0) is 6.92 Å². The zero-order valence-electron chi connectivity index (χ0n) is 10.1. The number of thiazole rings is 1. The van der Waals surface area contributed by atoms with Crippen molar-refractivity contribution in [2.24, 2.45) is 5.92 Å². The number of nitrogens with zero attached hydrogens (tertiary/aromatic N) is 3. The Labute approximate surface area is 109 Å². The zero-order valence-corrected chi connectivity index (χ0v) is 10.9. The van der Waals surface area contributed by atoms with Gasteiger partial charge in [0.05, 0.1) is 0 Å². The molecule has 1 N–H and O–H groups in total. The molecule has 98 valence electrons. The van der Waals surface area contributed by atoms with Crippen LogP contribution in [0.15, 0.2) is 11.6 Å². The highest BCUT2D eigenvalue weighted by Crippen LogP contribution is 2.19. The maximum Gasteiger partial charge on any atom is 0.315 e. The van der Waals surface area contributed by atoms with Gasteiger partial charge >= 0.3 is 5.97 Å². The molecule has 7 heteroatoms. The third-order valence-corrected chi connectivity index (χ3v) is 3.85. The van der Waals surface area contributed by atoms with Crippen LogP contribution in [0, 0.1) is 5.92 Å². The van der Waals surface area contributed by atoms with E-state index in [4.69, 9.17) is 5.11 Å². The first-order valence-corrected chi connectivity index (χ1v) is 6.63. The normalized spacial score (nSPS) is 17.6. The summed E-state index contributed by atoms with van der Waals surface area (Å²) in [5, 5.41) is 11.7. The molecular weight excluding hydrogens is 254 g/mol. The average molecular weight is 269 g/mol. The first-order valence-electron chi connectivity index (χ1n) is 5.75. The van der Waals surface area contributed by atoms with Crippen molar-refractivity contribution in [2.45, 2.75) is 6.92 Å². The molecule has 0 saturated carbocycles. The number of hydrogen-bond acceptors (Lipinski definition) is 5. The lowest BCUT2D eigenvalue weighted by atomic mass is 10.1. The standard InChI is InChI=1S/C11H15N3O3S/c1-8(10(16)17)9(15)13-3-5-14(6-4-13)11-12-2-7-18-11/h2,7-8H,3-6H2,1H3,(H,16,17). The molecule has 1 saturated heterocycles. The summed E-state index contributed by atoms with van der Waals surface area (Å²) in [6, 6.07) is 0. The fourth-order valence-electron chi connectivity index (χ4n) is 1.87. The second kappa shape index (κ2) is 5.34. The van der Waals surface area contributed by atoms with Gasteiger partial charge < -0.3 is 14.9 Å². The Morgan fingerprint density at radius 3 is 2.56 bits per heavy atom. The molecule has 0 aliphatic carbocycles. The fraction of sp³-hybridized carbons (Fsp3) is 0.545. The summed E-state index contributed by atoms with van der Waals surface area (Å²) in [5.41, 5.74) is 0. The molecule has 1 aliphatic heterocycles. The van der Waals surface area contributed by atoms with Gasteiger partial charge in [-0.25, -0.2) is 4.98 Å². The summed E-state index contributed by atoms with van der Waals surface area (Å²) in [4.78, 5) is 30.6. The number of carbonyl (C=O) groups excluding carboxylic acids is 1.